The highest BCUT2D eigenvalue weighted by molar-refractivity contribution is 6.13. The van der Waals surface area contributed by atoms with Crippen LogP contribution in [-0.4, -0.2) is 22.3 Å². The number of fused-ring (bicyclic) bond motifs is 2. The number of aromatic nitrogens is 1. The quantitative estimate of drug-likeness (QED) is 0.511. The van der Waals surface area contributed by atoms with E-state index in [1.165, 1.54) is 5.56 Å². The zero-order valence-electron chi connectivity index (χ0n) is 17.6. The van der Waals surface area contributed by atoms with E-state index >= 15 is 0 Å². The van der Waals surface area contributed by atoms with Gasteiger partial charge in [0.1, 0.15) is 0 Å². The fourth-order valence-corrected chi connectivity index (χ4v) is 4.34. The van der Waals surface area contributed by atoms with Crippen LogP contribution in [0.25, 0.3) is 10.9 Å². The van der Waals surface area contributed by atoms with Gasteiger partial charge < -0.3 is 5.32 Å². The summed E-state index contributed by atoms with van der Waals surface area (Å²) in [6.45, 7) is 2.40. The molecule has 0 saturated carbocycles. The standard InChI is InChI=1S/C27H22N4O/c28-16-20-9-6-10-21(15-20)29-27(32)26-22-11-4-5-12-24(22)30-25-13-14-31(18-23(25)26)17-19-7-2-1-3-8-19/h1-12,15H,13-14,17-18H2,(H,29,32). The molecule has 0 atom stereocenters. The molecule has 4 aromatic rings. The largest absolute Gasteiger partial charge is 0.322 e. The Kier molecular flexibility index (Phi) is 5.37. The van der Waals surface area contributed by atoms with Crippen molar-refractivity contribution in [2.45, 2.75) is 19.5 Å². The molecule has 3 aromatic carbocycles. The summed E-state index contributed by atoms with van der Waals surface area (Å²) >= 11 is 0. The molecule has 0 fully saturated rings. The first-order valence-electron chi connectivity index (χ1n) is 10.7. The number of benzene rings is 3. The third-order valence-corrected chi connectivity index (χ3v) is 5.85. The number of anilines is 1. The van der Waals surface area contributed by atoms with Crippen molar-refractivity contribution in [1.29, 1.82) is 5.26 Å². The minimum Gasteiger partial charge on any atom is -0.322 e. The highest BCUT2D eigenvalue weighted by Gasteiger charge is 2.26. The molecule has 5 nitrogen and oxygen atoms in total. The highest BCUT2D eigenvalue weighted by atomic mass is 16.1. The fourth-order valence-electron chi connectivity index (χ4n) is 4.34. The Morgan fingerprint density at radius 3 is 2.69 bits per heavy atom. The number of carbonyl (C=O) groups is 1. The number of rotatable bonds is 4. The van der Waals surface area contributed by atoms with Crippen LogP contribution < -0.4 is 5.32 Å². The minimum absolute atomic E-state index is 0.170. The van der Waals surface area contributed by atoms with Gasteiger partial charge in [0.25, 0.3) is 5.91 Å². The van der Waals surface area contributed by atoms with Crippen LogP contribution in [0.5, 0.6) is 0 Å². The normalized spacial score (nSPS) is 13.3. The molecule has 0 unspecified atom stereocenters. The molecule has 0 radical (unpaired) electrons. The molecule has 0 saturated heterocycles. The first-order chi connectivity index (χ1) is 15.7. The van der Waals surface area contributed by atoms with Gasteiger partial charge in [-0.1, -0.05) is 54.6 Å². The Morgan fingerprint density at radius 2 is 1.84 bits per heavy atom. The monoisotopic (exact) mass is 418 g/mol. The smallest absolute Gasteiger partial charge is 0.256 e. The lowest BCUT2D eigenvalue weighted by atomic mass is 9.94. The molecule has 156 valence electrons. The second-order valence-corrected chi connectivity index (χ2v) is 8.02. The molecular formula is C27H22N4O. The Hall–Kier alpha value is -4.01. The van der Waals surface area contributed by atoms with Gasteiger partial charge in [0.05, 0.1) is 22.7 Å². The summed E-state index contributed by atoms with van der Waals surface area (Å²) < 4.78 is 0. The van der Waals surface area contributed by atoms with Crippen LogP contribution in [0.15, 0.2) is 78.9 Å². The molecule has 1 aliphatic rings. The molecule has 5 rings (SSSR count). The summed E-state index contributed by atoms with van der Waals surface area (Å²) in [6, 6.07) is 27.3. The van der Waals surface area contributed by atoms with Gasteiger partial charge in [-0.15, -0.1) is 0 Å². The first kappa shape index (κ1) is 19.9. The topological polar surface area (TPSA) is 69.0 Å². The van der Waals surface area contributed by atoms with E-state index in [-0.39, 0.29) is 5.91 Å². The number of nitrogens with zero attached hydrogens (tertiary/aromatic N) is 3. The number of amides is 1. The van der Waals surface area contributed by atoms with E-state index in [1.54, 1.807) is 24.3 Å². The average Bonchev–Trinajstić information content (AvgIpc) is 2.83. The van der Waals surface area contributed by atoms with Crippen molar-refractivity contribution in [2.75, 3.05) is 11.9 Å². The van der Waals surface area contributed by atoms with Crippen LogP contribution in [0.2, 0.25) is 0 Å². The molecule has 1 amide bonds. The van der Waals surface area contributed by atoms with E-state index in [0.29, 0.717) is 23.4 Å². The second kappa shape index (κ2) is 8.62. The number of nitriles is 1. The van der Waals surface area contributed by atoms with Crippen LogP contribution in [0.1, 0.15) is 32.7 Å². The maximum Gasteiger partial charge on any atom is 0.256 e. The fraction of sp³-hybridized carbons (Fsp3) is 0.148. The van der Waals surface area contributed by atoms with Crippen molar-refractivity contribution in [3.05, 3.63) is 107 Å². The van der Waals surface area contributed by atoms with Gasteiger partial charge in [-0.3, -0.25) is 14.7 Å². The lowest BCUT2D eigenvalue weighted by Gasteiger charge is -2.30. The Morgan fingerprint density at radius 1 is 1.03 bits per heavy atom. The molecule has 2 heterocycles. The maximum atomic E-state index is 13.5. The third-order valence-electron chi connectivity index (χ3n) is 5.85. The summed E-state index contributed by atoms with van der Waals surface area (Å²) in [5.74, 6) is -0.170. The summed E-state index contributed by atoms with van der Waals surface area (Å²) in [5, 5.41) is 13.0. The van der Waals surface area contributed by atoms with E-state index in [9.17, 15) is 10.1 Å². The van der Waals surface area contributed by atoms with Gasteiger partial charge in [-0.2, -0.15) is 5.26 Å². The zero-order valence-corrected chi connectivity index (χ0v) is 17.6. The molecule has 0 bridgehead atoms. The molecule has 1 aliphatic heterocycles. The van der Waals surface area contributed by atoms with Crippen molar-refractivity contribution in [3.63, 3.8) is 0 Å². The maximum absolute atomic E-state index is 13.5. The van der Waals surface area contributed by atoms with Crippen molar-refractivity contribution in [3.8, 4) is 6.07 Å². The minimum atomic E-state index is -0.170. The number of nitrogens with one attached hydrogen (secondary N) is 1. The number of carbonyl (C=O) groups excluding carboxylic acids is 1. The Balaban J connectivity index is 1.53. The lowest BCUT2D eigenvalue weighted by molar-refractivity contribution is 0.102. The average molecular weight is 419 g/mol. The SMILES string of the molecule is N#Cc1cccc(NC(=O)c2c3c(nc4ccccc24)CCN(Cc2ccccc2)C3)c1. The molecule has 0 spiro atoms. The second-order valence-electron chi connectivity index (χ2n) is 8.02. The van der Waals surface area contributed by atoms with Crippen LogP contribution in [0, 0.1) is 11.3 Å². The van der Waals surface area contributed by atoms with Crippen LogP contribution in [0.3, 0.4) is 0 Å². The number of para-hydroxylation sites is 1. The van der Waals surface area contributed by atoms with Crippen molar-refractivity contribution >= 4 is 22.5 Å². The van der Waals surface area contributed by atoms with Gasteiger partial charge >= 0.3 is 0 Å². The number of hydrogen-bond acceptors (Lipinski definition) is 4. The molecule has 0 aliphatic carbocycles. The molecular weight excluding hydrogens is 396 g/mol. The summed E-state index contributed by atoms with van der Waals surface area (Å²) in [5.41, 5.74) is 5.86. The Bertz CT molecular complexity index is 1340. The van der Waals surface area contributed by atoms with Crippen molar-refractivity contribution in [2.24, 2.45) is 0 Å². The molecule has 1 N–H and O–H groups in total. The van der Waals surface area contributed by atoms with Crippen LogP contribution in [-0.2, 0) is 19.5 Å². The predicted octanol–water partition coefficient (Wildman–Crippen LogP) is 4.92. The first-order valence-corrected chi connectivity index (χ1v) is 10.7. The van der Waals surface area contributed by atoms with Crippen molar-refractivity contribution in [1.82, 2.24) is 9.88 Å². The predicted molar refractivity (Wildman–Crippen MR) is 125 cm³/mol. The number of pyridine rings is 1. The molecule has 5 heteroatoms. The summed E-state index contributed by atoms with van der Waals surface area (Å²) in [4.78, 5) is 20.8. The van der Waals surface area contributed by atoms with Gasteiger partial charge in [0.2, 0.25) is 0 Å². The van der Waals surface area contributed by atoms with Crippen LogP contribution in [0.4, 0.5) is 5.69 Å². The molecule has 32 heavy (non-hydrogen) atoms. The highest BCUT2D eigenvalue weighted by Crippen LogP contribution is 2.29. The number of hydrogen-bond donors (Lipinski definition) is 1. The van der Waals surface area contributed by atoms with Gasteiger partial charge in [0.15, 0.2) is 0 Å². The molecule has 1 aromatic heterocycles. The third kappa shape index (κ3) is 3.96. The van der Waals surface area contributed by atoms with E-state index < -0.39 is 0 Å². The zero-order chi connectivity index (χ0) is 21.9. The lowest BCUT2D eigenvalue weighted by Crippen LogP contribution is -2.32. The van der Waals surface area contributed by atoms with E-state index in [1.807, 2.05) is 30.3 Å². The summed E-state index contributed by atoms with van der Waals surface area (Å²) in [7, 11) is 0. The summed E-state index contributed by atoms with van der Waals surface area (Å²) in [6.07, 6.45) is 0.803. The van der Waals surface area contributed by atoms with Gasteiger partial charge in [-0.25, -0.2) is 0 Å². The van der Waals surface area contributed by atoms with E-state index in [4.69, 9.17) is 4.98 Å². The van der Waals surface area contributed by atoms with E-state index in [0.717, 1.165) is 41.7 Å². The van der Waals surface area contributed by atoms with Crippen molar-refractivity contribution < 1.29 is 4.79 Å². The van der Waals surface area contributed by atoms with Crippen LogP contribution >= 0.6 is 0 Å². The Labute approximate surface area is 186 Å². The van der Waals surface area contributed by atoms with Gasteiger partial charge in [0, 0.05) is 48.4 Å². The van der Waals surface area contributed by atoms with Gasteiger partial charge in [-0.05, 0) is 29.8 Å². The van der Waals surface area contributed by atoms with E-state index in [2.05, 4.69) is 40.6 Å².